The van der Waals surface area contributed by atoms with Crippen molar-refractivity contribution < 1.29 is 14.6 Å². The van der Waals surface area contributed by atoms with Crippen LogP contribution in [0, 0.1) is 0 Å². The van der Waals surface area contributed by atoms with Crippen LogP contribution in [-0.2, 0) is 9.53 Å². The smallest absolute Gasteiger partial charge is 0.234 e. The van der Waals surface area contributed by atoms with Crippen molar-refractivity contribution in [2.75, 3.05) is 45.9 Å². The molecule has 4 N–H and O–H groups in total. The van der Waals surface area contributed by atoms with Crippen LogP contribution in [-0.4, -0.2) is 68.0 Å². The van der Waals surface area contributed by atoms with Crippen molar-refractivity contribution in [1.29, 1.82) is 0 Å². The first-order valence-electron chi connectivity index (χ1n) is 6.18. The van der Waals surface area contributed by atoms with E-state index in [1.54, 1.807) is 0 Å². The number of nitrogens with one attached hydrogen (secondary N) is 1. The third-order valence-corrected chi connectivity index (χ3v) is 2.81. The fraction of sp³-hybridized carbons (Fsp3) is 0.909. The summed E-state index contributed by atoms with van der Waals surface area (Å²) in [5.74, 6) is 0.0326. The van der Waals surface area contributed by atoms with E-state index in [1.165, 1.54) is 0 Å². The van der Waals surface area contributed by atoms with Crippen molar-refractivity contribution in [3.05, 3.63) is 0 Å². The van der Waals surface area contributed by atoms with Crippen LogP contribution >= 0.6 is 0 Å². The van der Waals surface area contributed by atoms with Crippen LogP contribution in [0.25, 0.3) is 0 Å². The maximum absolute atomic E-state index is 11.5. The average Bonchev–Trinajstić information content (AvgIpc) is 2.35. The Morgan fingerprint density at radius 1 is 1.47 bits per heavy atom. The summed E-state index contributed by atoms with van der Waals surface area (Å²) in [5.41, 5.74) is 5.31. The van der Waals surface area contributed by atoms with Gasteiger partial charge in [-0.15, -0.1) is 0 Å². The molecule has 6 heteroatoms. The third kappa shape index (κ3) is 5.97. The summed E-state index contributed by atoms with van der Waals surface area (Å²) in [6, 6.07) is 0. The maximum Gasteiger partial charge on any atom is 0.234 e. The Morgan fingerprint density at radius 3 is 2.76 bits per heavy atom. The van der Waals surface area contributed by atoms with E-state index in [0.717, 1.165) is 25.9 Å². The molecule has 1 aliphatic heterocycles. The lowest BCUT2D eigenvalue weighted by Crippen LogP contribution is -2.44. The predicted molar refractivity (Wildman–Crippen MR) is 64.6 cm³/mol. The molecule has 1 heterocycles. The highest BCUT2D eigenvalue weighted by molar-refractivity contribution is 5.77. The lowest BCUT2D eigenvalue weighted by atomic mass is 10.1. The first-order valence-corrected chi connectivity index (χ1v) is 6.18. The molecule has 0 atom stereocenters. The molecule has 0 aromatic rings. The molecule has 1 rings (SSSR count). The van der Waals surface area contributed by atoms with Crippen molar-refractivity contribution in [3.8, 4) is 0 Å². The highest BCUT2D eigenvalue weighted by Gasteiger charge is 2.20. The number of likely N-dealkylation sites (tertiary alicyclic amines) is 1. The Balaban J connectivity index is 2.12. The molecule has 100 valence electrons. The molecule has 0 saturated carbocycles. The zero-order valence-corrected chi connectivity index (χ0v) is 10.2. The molecular weight excluding hydrogens is 222 g/mol. The summed E-state index contributed by atoms with van der Waals surface area (Å²) in [4.78, 5) is 13.6. The molecule has 17 heavy (non-hydrogen) atoms. The van der Waals surface area contributed by atoms with E-state index >= 15 is 0 Å². The van der Waals surface area contributed by atoms with E-state index in [4.69, 9.17) is 15.6 Å². The van der Waals surface area contributed by atoms with Gasteiger partial charge < -0.3 is 20.9 Å². The van der Waals surface area contributed by atoms with Crippen molar-refractivity contribution in [2.45, 2.75) is 18.9 Å². The highest BCUT2D eigenvalue weighted by Crippen LogP contribution is 2.12. The molecule has 0 aromatic heterocycles. The fourth-order valence-corrected chi connectivity index (χ4v) is 1.92. The number of piperidine rings is 1. The second-order valence-electron chi connectivity index (χ2n) is 4.21. The van der Waals surface area contributed by atoms with E-state index in [2.05, 4.69) is 10.2 Å². The maximum atomic E-state index is 11.5. The number of carbonyl (C=O) groups excluding carboxylic acids is 1. The van der Waals surface area contributed by atoms with Gasteiger partial charge in [0.2, 0.25) is 5.91 Å². The van der Waals surface area contributed by atoms with E-state index in [-0.39, 0.29) is 18.6 Å². The van der Waals surface area contributed by atoms with Crippen LogP contribution in [0.2, 0.25) is 0 Å². The van der Waals surface area contributed by atoms with Gasteiger partial charge in [0, 0.05) is 26.2 Å². The monoisotopic (exact) mass is 245 g/mol. The minimum Gasteiger partial charge on any atom is -0.394 e. The molecule has 6 nitrogen and oxygen atoms in total. The second-order valence-corrected chi connectivity index (χ2v) is 4.21. The quantitative estimate of drug-likeness (QED) is 0.510. The summed E-state index contributed by atoms with van der Waals surface area (Å²) < 4.78 is 5.46. The van der Waals surface area contributed by atoms with Gasteiger partial charge in [-0.1, -0.05) is 0 Å². The van der Waals surface area contributed by atoms with Crippen molar-refractivity contribution in [1.82, 2.24) is 10.2 Å². The van der Waals surface area contributed by atoms with Gasteiger partial charge in [-0.2, -0.15) is 0 Å². The molecule has 1 saturated heterocycles. The van der Waals surface area contributed by atoms with Gasteiger partial charge in [-0.25, -0.2) is 0 Å². The van der Waals surface area contributed by atoms with Gasteiger partial charge in [0.25, 0.3) is 0 Å². The second kappa shape index (κ2) is 8.41. The molecule has 0 unspecified atom stereocenters. The number of rotatable bonds is 7. The van der Waals surface area contributed by atoms with E-state index < -0.39 is 0 Å². The van der Waals surface area contributed by atoms with Gasteiger partial charge in [0.1, 0.15) is 0 Å². The summed E-state index contributed by atoms with van der Waals surface area (Å²) in [5, 5.41) is 11.4. The van der Waals surface area contributed by atoms with Gasteiger partial charge in [0.15, 0.2) is 0 Å². The minimum absolute atomic E-state index is 0.0326. The normalized spacial score (nSPS) is 18.2. The SMILES string of the molecule is NCCNC(=O)CN1CCC(OCCO)CC1. The number of nitrogens with two attached hydrogens (primary N) is 1. The van der Waals surface area contributed by atoms with E-state index in [0.29, 0.717) is 26.2 Å². The Morgan fingerprint density at radius 2 is 2.18 bits per heavy atom. The Kier molecular flexibility index (Phi) is 7.11. The minimum atomic E-state index is 0.0326. The average molecular weight is 245 g/mol. The van der Waals surface area contributed by atoms with Crippen LogP contribution < -0.4 is 11.1 Å². The van der Waals surface area contributed by atoms with Crippen LogP contribution in [0.3, 0.4) is 0 Å². The van der Waals surface area contributed by atoms with Crippen LogP contribution in [0.4, 0.5) is 0 Å². The zero-order valence-electron chi connectivity index (χ0n) is 10.2. The number of aliphatic hydroxyl groups is 1. The molecule has 0 aliphatic carbocycles. The Bertz CT molecular complexity index is 218. The summed E-state index contributed by atoms with van der Waals surface area (Å²) in [7, 11) is 0. The standard InChI is InChI=1S/C11H23N3O3/c12-3-4-13-11(16)9-14-5-1-10(2-6-14)17-8-7-15/h10,15H,1-9,12H2,(H,13,16). The Hall–Kier alpha value is -0.690. The van der Waals surface area contributed by atoms with Gasteiger partial charge in [0.05, 0.1) is 25.9 Å². The number of amides is 1. The van der Waals surface area contributed by atoms with Gasteiger partial charge in [-0.05, 0) is 12.8 Å². The van der Waals surface area contributed by atoms with Crippen molar-refractivity contribution in [3.63, 3.8) is 0 Å². The number of ether oxygens (including phenoxy) is 1. The summed E-state index contributed by atoms with van der Waals surface area (Å²) in [6.45, 7) is 3.66. The van der Waals surface area contributed by atoms with Crippen molar-refractivity contribution >= 4 is 5.91 Å². The molecule has 0 bridgehead atoms. The topological polar surface area (TPSA) is 87.8 Å². The first-order chi connectivity index (χ1) is 8.26. The van der Waals surface area contributed by atoms with E-state index in [1.807, 2.05) is 0 Å². The molecule has 1 fully saturated rings. The molecule has 0 radical (unpaired) electrons. The summed E-state index contributed by atoms with van der Waals surface area (Å²) >= 11 is 0. The number of carbonyl (C=O) groups is 1. The lowest BCUT2D eigenvalue weighted by molar-refractivity contribution is -0.122. The number of nitrogens with zero attached hydrogens (tertiary/aromatic N) is 1. The zero-order chi connectivity index (χ0) is 12.5. The van der Waals surface area contributed by atoms with Crippen molar-refractivity contribution in [2.24, 2.45) is 5.73 Å². The lowest BCUT2D eigenvalue weighted by Gasteiger charge is -2.31. The number of hydrogen-bond acceptors (Lipinski definition) is 5. The van der Waals surface area contributed by atoms with Crippen LogP contribution in [0.15, 0.2) is 0 Å². The molecule has 0 aromatic carbocycles. The first kappa shape index (κ1) is 14.4. The number of aliphatic hydroxyl groups excluding tert-OH is 1. The molecule has 0 spiro atoms. The summed E-state index contributed by atoms with van der Waals surface area (Å²) in [6.07, 6.45) is 2.07. The molecule has 1 amide bonds. The highest BCUT2D eigenvalue weighted by atomic mass is 16.5. The molecular formula is C11H23N3O3. The Labute approximate surface area is 102 Å². The number of hydrogen-bond donors (Lipinski definition) is 3. The van der Waals surface area contributed by atoms with Gasteiger partial charge >= 0.3 is 0 Å². The fourth-order valence-electron chi connectivity index (χ4n) is 1.92. The largest absolute Gasteiger partial charge is 0.394 e. The predicted octanol–water partition coefficient (Wildman–Crippen LogP) is -1.47. The molecule has 1 aliphatic rings. The van der Waals surface area contributed by atoms with Crippen LogP contribution in [0.1, 0.15) is 12.8 Å². The van der Waals surface area contributed by atoms with Crippen LogP contribution in [0.5, 0.6) is 0 Å². The van der Waals surface area contributed by atoms with Gasteiger partial charge in [-0.3, -0.25) is 9.69 Å². The van der Waals surface area contributed by atoms with E-state index in [9.17, 15) is 4.79 Å². The third-order valence-electron chi connectivity index (χ3n) is 2.81.